The van der Waals surface area contributed by atoms with Gasteiger partial charge in [-0.25, -0.2) is 0 Å². The van der Waals surface area contributed by atoms with Crippen LogP contribution in [0.15, 0.2) is 0 Å². The molecule has 0 radical (unpaired) electrons. The second-order valence-corrected chi connectivity index (χ2v) is 8.33. The second kappa shape index (κ2) is 3.10. The zero-order chi connectivity index (χ0) is 9.50. The molecule has 0 nitrogen and oxygen atoms in total. The monoisotopic (exact) mass is 368 g/mol. The SMILES string of the molecule is FC(F)(F)C(F)(F)C(Br)(Br)Br. The van der Waals surface area contributed by atoms with Gasteiger partial charge in [0.2, 0.25) is 2.14 Å². The summed E-state index contributed by atoms with van der Waals surface area (Å²) in [5.74, 6) is -4.88. The molecule has 0 aliphatic heterocycles. The lowest BCUT2D eigenvalue weighted by molar-refractivity contribution is -0.275. The average Bonchev–Trinajstić information content (AvgIpc) is 1.58. The Balaban J connectivity index is 4.75. The molecule has 0 rings (SSSR count). The lowest BCUT2D eigenvalue weighted by Gasteiger charge is -2.26. The summed E-state index contributed by atoms with van der Waals surface area (Å²) in [6.07, 6.45) is -5.59. The van der Waals surface area contributed by atoms with E-state index in [1.807, 2.05) is 0 Å². The number of halogens is 8. The Bertz CT molecular complexity index is 128. The van der Waals surface area contributed by atoms with Gasteiger partial charge in [0, 0.05) is 0 Å². The van der Waals surface area contributed by atoms with Crippen LogP contribution in [-0.2, 0) is 0 Å². The number of hydrogen-bond donors (Lipinski definition) is 0. The summed E-state index contributed by atoms with van der Waals surface area (Å²) in [7, 11) is 0. The molecule has 0 heterocycles. The van der Waals surface area contributed by atoms with E-state index in [-0.39, 0.29) is 0 Å². The summed E-state index contributed by atoms with van der Waals surface area (Å²) >= 11 is 6.30. The number of hydrogen-bond acceptors (Lipinski definition) is 0. The van der Waals surface area contributed by atoms with Gasteiger partial charge in [0.25, 0.3) is 0 Å². The van der Waals surface area contributed by atoms with Crippen LogP contribution in [0, 0.1) is 0 Å². The summed E-state index contributed by atoms with van der Waals surface area (Å²) in [5, 5.41) is 0. The minimum absolute atomic E-state index is 2.10. The molecule has 0 N–H and O–H groups in total. The Labute approximate surface area is 83.9 Å². The first-order valence-electron chi connectivity index (χ1n) is 2.01. The highest BCUT2D eigenvalue weighted by Gasteiger charge is 2.68. The predicted octanol–water partition coefficient (Wildman–Crippen LogP) is 4.02. The summed E-state index contributed by atoms with van der Waals surface area (Å²) in [4.78, 5) is 0. The highest BCUT2D eigenvalue weighted by Crippen LogP contribution is 2.54. The molecular formula is C3Br3F5. The van der Waals surface area contributed by atoms with Crippen LogP contribution < -0.4 is 0 Å². The standard InChI is InChI=1S/C3Br3F5/c4-2(5,6)1(7,8)3(9,10)11. The smallest absolute Gasteiger partial charge is 0.193 e. The fourth-order valence-electron chi connectivity index (χ4n) is 0.161. The van der Waals surface area contributed by atoms with Gasteiger partial charge < -0.3 is 0 Å². The highest BCUT2D eigenvalue weighted by atomic mass is 80.0. The summed E-state index contributed by atoms with van der Waals surface area (Å²) in [5.41, 5.74) is 0. The van der Waals surface area contributed by atoms with Crippen molar-refractivity contribution in [3.63, 3.8) is 0 Å². The molecule has 0 unspecified atom stereocenters. The molecule has 0 saturated heterocycles. The minimum atomic E-state index is -5.59. The van der Waals surface area contributed by atoms with Crippen molar-refractivity contribution in [3.05, 3.63) is 0 Å². The third kappa shape index (κ3) is 2.51. The van der Waals surface area contributed by atoms with E-state index in [2.05, 4.69) is 47.8 Å². The van der Waals surface area contributed by atoms with Gasteiger partial charge in [0.15, 0.2) is 0 Å². The van der Waals surface area contributed by atoms with Crippen LogP contribution in [0.3, 0.4) is 0 Å². The molecule has 0 aromatic rings. The maximum absolute atomic E-state index is 12.2. The van der Waals surface area contributed by atoms with E-state index in [4.69, 9.17) is 0 Å². The second-order valence-electron chi connectivity index (χ2n) is 1.57. The van der Waals surface area contributed by atoms with Crippen molar-refractivity contribution < 1.29 is 22.0 Å². The van der Waals surface area contributed by atoms with Crippen molar-refractivity contribution >= 4 is 47.8 Å². The molecule has 0 spiro atoms. The normalized spacial score (nSPS) is 15.3. The third-order valence-electron chi connectivity index (χ3n) is 0.712. The molecule has 0 aromatic carbocycles. The lowest BCUT2D eigenvalue weighted by atomic mass is 10.4. The predicted molar refractivity (Wildman–Crippen MR) is 40.5 cm³/mol. The van der Waals surface area contributed by atoms with Gasteiger partial charge in [-0.05, 0) is 0 Å². The molecule has 0 atom stereocenters. The molecule has 68 valence electrons. The molecule has 8 heteroatoms. The first-order valence-corrected chi connectivity index (χ1v) is 4.39. The quantitative estimate of drug-likeness (QED) is 0.446. The van der Waals surface area contributed by atoms with E-state index in [1.165, 1.54) is 0 Å². The first-order chi connectivity index (χ1) is 4.50. The zero-order valence-electron chi connectivity index (χ0n) is 4.52. The van der Waals surface area contributed by atoms with Crippen molar-refractivity contribution in [1.82, 2.24) is 0 Å². The van der Waals surface area contributed by atoms with Crippen molar-refractivity contribution in [2.45, 2.75) is 14.2 Å². The van der Waals surface area contributed by atoms with Crippen LogP contribution >= 0.6 is 47.8 Å². The van der Waals surface area contributed by atoms with Crippen LogP contribution in [0.2, 0.25) is 0 Å². The Morgan fingerprint density at radius 1 is 0.727 bits per heavy atom. The molecule has 0 aliphatic rings. The fraction of sp³-hybridized carbons (Fsp3) is 1.00. The van der Waals surface area contributed by atoms with Gasteiger partial charge in [-0.1, -0.05) is 47.8 Å². The van der Waals surface area contributed by atoms with Crippen LogP contribution in [0.4, 0.5) is 22.0 Å². The largest absolute Gasteiger partial charge is 0.456 e. The summed E-state index contributed by atoms with van der Waals surface area (Å²) < 4.78 is 56.2. The summed E-state index contributed by atoms with van der Waals surface area (Å²) in [6, 6.07) is 0. The van der Waals surface area contributed by atoms with Crippen molar-refractivity contribution in [3.8, 4) is 0 Å². The fourth-order valence-corrected chi connectivity index (χ4v) is 0.835. The van der Waals surface area contributed by atoms with Gasteiger partial charge in [0.1, 0.15) is 0 Å². The number of rotatable bonds is 0. The average molecular weight is 371 g/mol. The van der Waals surface area contributed by atoms with E-state index in [1.54, 1.807) is 0 Å². The molecular weight excluding hydrogens is 371 g/mol. The Morgan fingerprint density at radius 2 is 1.00 bits per heavy atom. The van der Waals surface area contributed by atoms with E-state index in [0.29, 0.717) is 0 Å². The maximum atomic E-state index is 12.2. The zero-order valence-corrected chi connectivity index (χ0v) is 9.28. The van der Waals surface area contributed by atoms with E-state index < -0.39 is 14.2 Å². The topological polar surface area (TPSA) is 0 Å². The Kier molecular flexibility index (Phi) is 3.41. The molecule has 11 heavy (non-hydrogen) atoms. The van der Waals surface area contributed by atoms with Gasteiger partial charge in [-0.15, -0.1) is 0 Å². The van der Waals surface area contributed by atoms with Crippen molar-refractivity contribution in [1.29, 1.82) is 0 Å². The van der Waals surface area contributed by atoms with Crippen LogP contribution in [0.1, 0.15) is 0 Å². The molecule has 0 saturated carbocycles. The molecule has 0 amide bonds. The lowest BCUT2D eigenvalue weighted by Crippen LogP contribution is -2.46. The van der Waals surface area contributed by atoms with Crippen LogP contribution in [0.5, 0.6) is 0 Å². The van der Waals surface area contributed by atoms with Gasteiger partial charge in [-0.3, -0.25) is 0 Å². The van der Waals surface area contributed by atoms with Crippen LogP contribution in [0.25, 0.3) is 0 Å². The maximum Gasteiger partial charge on any atom is 0.456 e. The highest BCUT2D eigenvalue weighted by molar-refractivity contribution is 9.39. The Morgan fingerprint density at radius 3 is 1.00 bits per heavy atom. The minimum Gasteiger partial charge on any atom is -0.193 e. The van der Waals surface area contributed by atoms with E-state index >= 15 is 0 Å². The Hall–Kier alpha value is 1.09. The summed E-state index contributed by atoms with van der Waals surface area (Å²) in [6.45, 7) is 0. The van der Waals surface area contributed by atoms with E-state index in [9.17, 15) is 22.0 Å². The van der Waals surface area contributed by atoms with Crippen LogP contribution in [-0.4, -0.2) is 14.2 Å². The molecule has 0 aliphatic carbocycles. The molecule has 0 bridgehead atoms. The van der Waals surface area contributed by atoms with Gasteiger partial charge in [-0.2, -0.15) is 22.0 Å². The van der Waals surface area contributed by atoms with Crippen molar-refractivity contribution in [2.24, 2.45) is 0 Å². The first kappa shape index (κ1) is 12.1. The third-order valence-corrected chi connectivity index (χ3v) is 2.21. The van der Waals surface area contributed by atoms with E-state index in [0.717, 1.165) is 0 Å². The number of alkyl halides is 8. The molecule has 0 aromatic heterocycles. The molecule has 0 fully saturated rings. The van der Waals surface area contributed by atoms with Gasteiger partial charge >= 0.3 is 12.1 Å². The van der Waals surface area contributed by atoms with Crippen molar-refractivity contribution in [2.75, 3.05) is 0 Å². The van der Waals surface area contributed by atoms with Gasteiger partial charge in [0.05, 0.1) is 0 Å².